The third-order valence-electron chi connectivity index (χ3n) is 4.35. The van der Waals surface area contributed by atoms with Gasteiger partial charge in [0.05, 0.1) is 18.7 Å². The van der Waals surface area contributed by atoms with Crippen LogP contribution in [-0.4, -0.2) is 19.1 Å². The molecule has 0 aromatic heterocycles. The van der Waals surface area contributed by atoms with Crippen LogP contribution in [0.4, 0.5) is 10.1 Å². The second-order valence-electron chi connectivity index (χ2n) is 7.07. The molecule has 26 heavy (non-hydrogen) atoms. The molecular formula is C21H25FN2O2. The molecule has 0 saturated heterocycles. The van der Waals surface area contributed by atoms with Crippen LogP contribution in [0.15, 0.2) is 36.4 Å². The van der Waals surface area contributed by atoms with Crippen LogP contribution < -0.4 is 15.4 Å². The highest BCUT2D eigenvalue weighted by Crippen LogP contribution is 2.24. The first-order chi connectivity index (χ1) is 12.5. The molecule has 2 aromatic carbocycles. The smallest absolute Gasteiger partial charge is 0.228 e. The minimum Gasteiger partial charge on any atom is -0.493 e. The van der Waals surface area contributed by atoms with Crippen LogP contribution in [0.3, 0.4) is 0 Å². The van der Waals surface area contributed by atoms with E-state index < -0.39 is 0 Å². The first kappa shape index (κ1) is 18.4. The Morgan fingerprint density at radius 3 is 2.73 bits per heavy atom. The molecule has 0 radical (unpaired) electrons. The number of rotatable bonds is 6. The molecule has 1 aliphatic heterocycles. The Labute approximate surface area is 153 Å². The predicted octanol–water partition coefficient (Wildman–Crippen LogP) is 3.69. The molecule has 0 unspecified atom stereocenters. The van der Waals surface area contributed by atoms with Crippen molar-refractivity contribution < 1.29 is 13.9 Å². The Kier molecular flexibility index (Phi) is 5.89. The molecular weight excluding hydrogens is 331 g/mol. The molecule has 0 saturated carbocycles. The summed E-state index contributed by atoms with van der Waals surface area (Å²) in [4.78, 5) is 12.3. The fraction of sp³-hybridized carbons (Fsp3) is 0.381. The van der Waals surface area contributed by atoms with Crippen LogP contribution in [-0.2, 0) is 24.2 Å². The SMILES string of the molecule is CC(C)COc1ccc(CC(=O)Nc2ccc3c(c2F)CCNC3)cc1. The molecule has 1 amide bonds. The van der Waals surface area contributed by atoms with Crippen molar-refractivity contribution in [1.29, 1.82) is 0 Å². The van der Waals surface area contributed by atoms with Crippen molar-refractivity contribution in [1.82, 2.24) is 5.32 Å². The fourth-order valence-corrected chi connectivity index (χ4v) is 2.98. The van der Waals surface area contributed by atoms with E-state index in [-0.39, 0.29) is 23.8 Å². The number of hydrogen-bond acceptors (Lipinski definition) is 3. The number of ether oxygens (including phenoxy) is 1. The summed E-state index contributed by atoms with van der Waals surface area (Å²) in [5, 5.41) is 5.91. The first-order valence-electron chi connectivity index (χ1n) is 9.05. The van der Waals surface area contributed by atoms with Gasteiger partial charge in [-0.2, -0.15) is 0 Å². The average molecular weight is 356 g/mol. The minimum atomic E-state index is -0.310. The Balaban J connectivity index is 1.60. The lowest BCUT2D eigenvalue weighted by atomic mass is 9.99. The maximum atomic E-state index is 14.6. The fourth-order valence-electron chi connectivity index (χ4n) is 2.98. The van der Waals surface area contributed by atoms with E-state index in [1.807, 2.05) is 30.3 Å². The number of nitrogens with one attached hydrogen (secondary N) is 2. The van der Waals surface area contributed by atoms with E-state index in [0.717, 1.165) is 23.4 Å². The maximum absolute atomic E-state index is 14.6. The minimum absolute atomic E-state index is 0.197. The van der Waals surface area contributed by atoms with Gasteiger partial charge in [0.25, 0.3) is 0 Å². The van der Waals surface area contributed by atoms with E-state index in [0.29, 0.717) is 31.1 Å². The van der Waals surface area contributed by atoms with E-state index in [2.05, 4.69) is 24.5 Å². The zero-order chi connectivity index (χ0) is 18.5. The molecule has 3 rings (SSSR count). The van der Waals surface area contributed by atoms with Gasteiger partial charge in [-0.3, -0.25) is 4.79 Å². The van der Waals surface area contributed by atoms with Gasteiger partial charge in [0.2, 0.25) is 5.91 Å². The van der Waals surface area contributed by atoms with Crippen LogP contribution in [0.5, 0.6) is 5.75 Å². The lowest BCUT2D eigenvalue weighted by Crippen LogP contribution is -2.25. The van der Waals surface area contributed by atoms with Crippen molar-refractivity contribution in [3.8, 4) is 5.75 Å². The summed E-state index contributed by atoms with van der Waals surface area (Å²) in [6.07, 6.45) is 0.839. The number of benzene rings is 2. The Morgan fingerprint density at radius 2 is 2.00 bits per heavy atom. The van der Waals surface area contributed by atoms with Gasteiger partial charge in [-0.25, -0.2) is 4.39 Å². The summed E-state index contributed by atoms with van der Waals surface area (Å²) in [7, 11) is 0. The van der Waals surface area contributed by atoms with Crippen molar-refractivity contribution in [2.45, 2.75) is 33.2 Å². The number of anilines is 1. The number of carbonyl (C=O) groups is 1. The Morgan fingerprint density at radius 1 is 1.23 bits per heavy atom. The maximum Gasteiger partial charge on any atom is 0.228 e. The van der Waals surface area contributed by atoms with Gasteiger partial charge in [-0.05, 0) is 53.8 Å². The molecule has 1 heterocycles. The molecule has 1 aliphatic rings. The molecule has 4 nitrogen and oxygen atoms in total. The monoisotopic (exact) mass is 356 g/mol. The van der Waals surface area contributed by atoms with Gasteiger partial charge in [0, 0.05) is 6.54 Å². The van der Waals surface area contributed by atoms with E-state index >= 15 is 0 Å². The molecule has 0 aliphatic carbocycles. The van der Waals surface area contributed by atoms with Crippen LogP contribution in [0.2, 0.25) is 0 Å². The molecule has 0 spiro atoms. The van der Waals surface area contributed by atoms with E-state index in [1.165, 1.54) is 0 Å². The normalized spacial score (nSPS) is 13.4. The molecule has 138 valence electrons. The second-order valence-corrected chi connectivity index (χ2v) is 7.07. The van der Waals surface area contributed by atoms with Crippen LogP contribution in [0.25, 0.3) is 0 Å². The van der Waals surface area contributed by atoms with Gasteiger partial charge in [-0.15, -0.1) is 0 Å². The predicted molar refractivity (Wildman–Crippen MR) is 101 cm³/mol. The topological polar surface area (TPSA) is 50.4 Å². The molecule has 0 fully saturated rings. The highest BCUT2D eigenvalue weighted by Gasteiger charge is 2.17. The largest absolute Gasteiger partial charge is 0.493 e. The van der Waals surface area contributed by atoms with Gasteiger partial charge < -0.3 is 15.4 Å². The third kappa shape index (κ3) is 4.61. The van der Waals surface area contributed by atoms with Crippen LogP contribution >= 0.6 is 0 Å². The van der Waals surface area contributed by atoms with E-state index in [4.69, 9.17) is 4.74 Å². The summed E-state index contributed by atoms with van der Waals surface area (Å²) in [6.45, 7) is 6.27. The zero-order valence-corrected chi connectivity index (χ0v) is 15.3. The Hall–Kier alpha value is -2.40. The zero-order valence-electron chi connectivity index (χ0n) is 15.3. The van der Waals surface area contributed by atoms with Crippen molar-refractivity contribution in [3.63, 3.8) is 0 Å². The van der Waals surface area contributed by atoms with Crippen molar-refractivity contribution in [3.05, 3.63) is 58.9 Å². The second kappa shape index (κ2) is 8.32. The third-order valence-corrected chi connectivity index (χ3v) is 4.35. The van der Waals surface area contributed by atoms with Gasteiger partial charge in [0.1, 0.15) is 11.6 Å². The number of carbonyl (C=O) groups excluding carboxylic acids is 1. The average Bonchev–Trinajstić information content (AvgIpc) is 2.63. The van der Waals surface area contributed by atoms with Gasteiger partial charge in [-0.1, -0.05) is 32.0 Å². The van der Waals surface area contributed by atoms with E-state index in [1.54, 1.807) is 6.07 Å². The summed E-state index contributed by atoms with van der Waals surface area (Å²) in [5.74, 6) is 0.711. The summed E-state index contributed by atoms with van der Waals surface area (Å²) in [6, 6.07) is 11.0. The molecule has 2 N–H and O–H groups in total. The van der Waals surface area contributed by atoms with Crippen LogP contribution in [0.1, 0.15) is 30.5 Å². The Bertz CT molecular complexity index is 772. The lowest BCUT2D eigenvalue weighted by molar-refractivity contribution is -0.115. The highest BCUT2D eigenvalue weighted by atomic mass is 19.1. The lowest BCUT2D eigenvalue weighted by Gasteiger charge is -2.19. The first-order valence-corrected chi connectivity index (χ1v) is 9.05. The number of fused-ring (bicyclic) bond motifs is 1. The standard InChI is InChI=1S/C21H25FN2O2/c1-14(2)13-26-17-6-3-15(4-7-17)11-20(25)24-19-8-5-16-12-23-10-9-18(16)21(19)22/h3-8,14,23H,9-13H2,1-2H3,(H,24,25). The molecule has 0 bridgehead atoms. The highest BCUT2D eigenvalue weighted by molar-refractivity contribution is 5.92. The van der Waals surface area contributed by atoms with Gasteiger partial charge in [0.15, 0.2) is 0 Å². The van der Waals surface area contributed by atoms with E-state index in [9.17, 15) is 9.18 Å². The van der Waals surface area contributed by atoms with Crippen molar-refractivity contribution in [2.24, 2.45) is 5.92 Å². The molecule has 0 atom stereocenters. The molecule has 5 heteroatoms. The van der Waals surface area contributed by atoms with Gasteiger partial charge >= 0.3 is 0 Å². The van der Waals surface area contributed by atoms with Crippen molar-refractivity contribution >= 4 is 11.6 Å². The van der Waals surface area contributed by atoms with Crippen molar-refractivity contribution in [2.75, 3.05) is 18.5 Å². The summed E-state index contributed by atoms with van der Waals surface area (Å²) < 4.78 is 20.2. The molecule has 2 aromatic rings. The number of amides is 1. The quantitative estimate of drug-likeness (QED) is 0.830. The van der Waals surface area contributed by atoms with Crippen LogP contribution in [0, 0.1) is 11.7 Å². The summed E-state index contributed by atoms with van der Waals surface area (Å²) in [5.41, 5.74) is 2.78. The summed E-state index contributed by atoms with van der Waals surface area (Å²) >= 11 is 0. The number of hydrogen-bond donors (Lipinski definition) is 2. The number of halogens is 1.